The summed E-state index contributed by atoms with van der Waals surface area (Å²) in [5.41, 5.74) is 0. The number of alkyl halides is 1. The third kappa shape index (κ3) is 7.66. The number of rotatable bonds is 6. The Morgan fingerprint density at radius 1 is 1.55 bits per heavy atom. The summed E-state index contributed by atoms with van der Waals surface area (Å²) in [5, 5.41) is 0. The second-order valence-corrected chi connectivity index (χ2v) is 2.55. The maximum atomic E-state index is 10.5. The molecule has 0 atom stereocenters. The third-order valence-electron chi connectivity index (χ3n) is 1.25. The van der Waals surface area contributed by atoms with Crippen molar-refractivity contribution in [2.24, 2.45) is 0 Å². The van der Waals surface area contributed by atoms with Gasteiger partial charge in [-0.2, -0.15) is 0 Å². The first-order valence-electron chi connectivity index (χ1n) is 3.88. The maximum absolute atomic E-state index is 10.5. The van der Waals surface area contributed by atoms with Crippen LogP contribution in [0.5, 0.6) is 0 Å². The zero-order chi connectivity index (χ0) is 8.53. The van der Waals surface area contributed by atoms with Crippen molar-refractivity contribution in [2.75, 3.05) is 5.88 Å². The molecule has 65 valence electrons. The van der Waals surface area contributed by atoms with Gasteiger partial charge in [-0.15, -0.1) is 11.6 Å². The van der Waals surface area contributed by atoms with Crippen molar-refractivity contribution in [3.05, 3.63) is 6.61 Å². The van der Waals surface area contributed by atoms with Crippen LogP contribution in [0.3, 0.4) is 0 Å². The van der Waals surface area contributed by atoms with E-state index in [1.807, 2.05) is 0 Å². The smallest absolute Gasteiger partial charge is 0.321 e. The van der Waals surface area contributed by atoms with Crippen LogP contribution in [0.4, 0.5) is 0 Å². The highest BCUT2D eigenvalue weighted by Gasteiger charge is 1.98. The largest absolute Gasteiger partial charge is 0.458 e. The summed E-state index contributed by atoms with van der Waals surface area (Å²) < 4.78 is 4.64. The molecular weight excluding hydrogens is 164 g/mol. The summed E-state index contributed by atoms with van der Waals surface area (Å²) in [6, 6.07) is 0. The van der Waals surface area contributed by atoms with Gasteiger partial charge in [-0.25, -0.2) is 0 Å². The fourth-order valence-corrected chi connectivity index (χ4v) is 0.724. The second-order valence-electron chi connectivity index (χ2n) is 2.29. The van der Waals surface area contributed by atoms with E-state index in [2.05, 4.69) is 11.7 Å². The number of hydrogen-bond acceptors (Lipinski definition) is 2. The molecule has 0 amide bonds. The van der Waals surface area contributed by atoms with Crippen LogP contribution in [0.1, 0.15) is 32.6 Å². The Morgan fingerprint density at radius 2 is 2.27 bits per heavy atom. The summed E-state index contributed by atoms with van der Waals surface area (Å²) in [6.45, 7) is 3.66. The van der Waals surface area contributed by atoms with Crippen LogP contribution in [-0.2, 0) is 9.53 Å². The predicted molar refractivity (Wildman–Crippen MR) is 45.3 cm³/mol. The van der Waals surface area contributed by atoms with Crippen LogP contribution in [0.25, 0.3) is 0 Å². The minimum Gasteiger partial charge on any atom is -0.458 e. The third-order valence-corrected chi connectivity index (χ3v) is 1.47. The molecule has 0 fully saturated rings. The lowest BCUT2D eigenvalue weighted by molar-refractivity contribution is -0.137. The van der Waals surface area contributed by atoms with Crippen molar-refractivity contribution in [2.45, 2.75) is 32.6 Å². The van der Waals surface area contributed by atoms with Crippen LogP contribution in [0.2, 0.25) is 0 Å². The van der Waals surface area contributed by atoms with Gasteiger partial charge in [-0.05, 0) is 12.8 Å². The highest BCUT2D eigenvalue weighted by molar-refractivity contribution is 6.26. The van der Waals surface area contributed by atoms with Crippen LogP contribution in [-0.4, -0.2) is 11.8 Å². The number of halogens is 1. The highest BCUT2D eigenvalue weighted by atomic mass is 35.5. The molecule has 0 saturated heterocycles. The lowest BCUT2D eigenvalue weighted by Gasteiger charge is -1.99. The van der Waals surface area contributed by atoms with Gasteiger partial charge in [0.15, 0.2) is 0 Å². The predicted octanol–water partition coefficient (Wildman–Crippen LogP) is 2.51. The molecule has 1 radical (unpaired) electrons. The number of carbonyl (C=O) groups is 1. The van der Waals surface area contributed by atoms with Gasteiger partial charge in [-0.1, -0.05) is 19.8 Å². The molecule has 0 aliphatic rings. The molecule has 0 saturated carbocycles. The Labute approximate surface area is 72.9 Å². The average molecular weight is 178 g/mol. The monoisotopic (exact) mass is 177 g/mol. The van der Waals surface area contributed by atoms with Gasteiger partial charge in [-0.3, -0.25) is 4.79 Å². The molecule has 0 aromatic heterocycles. The molecule has 0 aromatic carbocycles. The Kier molecular flexibility index (Phi) is 7.69. The maximum Gasteiger partial charge on any atom is 0.321 e. The summed E-state index contributed by atoms with van der Waals surface area (Å²) in [6.07, 6.45) is 4.26. The number of esters is 1. The minimum absolute atomic E-state index is 0.0652. The average Bonchev–Trinajstić information content (AvgIpc) is 2.04. The van der Waals surface area contributed by atoms with E-state index in [-0.39, 0.29) is 11.8 Å². The zero-order valence-electron chi connectivity index (χ0n) is 6.81. The molecule has 0 unspecified atom stereocenters. The van der Waals surface area contributed by atoms with Crippen molar-refractivity contribution >= 4 is 17.6 Å². The van der Waals surface area contributed by atoms with Crippen molar-refractivity contribution in [1.82, 2.24) is 0 Å². The molecule has 0 aliphatic heterocycles. The van der Waals surface area contributed by atoms with Crippen LogP contribution >= 0.6 is 11.6 Å². The molecule has 3 heteroatoms. The highest BCUT2D eigenvalue weighted by Crippen LogP contribution is 2.02. The lowest BCUT2D eigenvalue weighted by atomic mass is 10.2. The standard InChI is InChI=1S/C8H14ClO2/c1-2-3-4-5-6-11-8(10)7-9/h6H,2-5,7H2,1H3. The van der Waals surface area contributed by atoms with Gasteiger partial charge in [0.1, 0.15) is 12.5 Å². The molecular formula is C8H14ClO2. The first kappa shape index (κ1) is 10.8. The van der Waals surface area contributed by atoms with Crippen LogP contribution in [0, 0.1) is 6.61 Å². The van der Waals surface area contributed by atoms with Crippen molar-refractivity contribution < 1.29 is 9.53 Å². The normalized spacial score (nSPS) is 9.64. The minimum atomic E-state index is -0.372. The van der Waals surface area contributed by atoms with Crippen molar-refractivity contribution in [1.29, 1.82) is 0 Å². The first-order chi connectivity index (χ1) is 5.31. The number of ether oxygens (including phenoxy) is 1. The Balaban J connectivity index is 2.95. The fourth-order valence-electron chi connectivity index (χ4n) is 0.661. The Hall–Kier alpha value is -0.240. The summed E-state index contributed by atoms with van der Waals surface area (Å²) >= 11 is 5.20. The summed E-state index contributed by atoms with van der Waals surface area (Å²) in [5.74, 6) is -0.437. The van der Waals surface area contributed by atoms with E-state index in [0.717, 1.165) is 12.8 Å². The number of unbranched alkanes of at least 4 members (excludes halogenated alkanes) is 3. The molecule has 0 N–H and O–H groups in total. The molecule has 0 aromatic rings. The second kappa shape index (κ2) is 7.86. The fraction of sp³-hybridized carbons (Fsp3) is 0.750. The molecule has 0 aliphatic carbocycles. The van der Waals surface area contributed by atoms with E-state index in [1.54, 1.807) is 0 Å². The number of carbonyl (C=O) groups excluding carboxylic acids is 1. The molecule has 2 nitrogen and oxygen atoms in total. The summed E-state index contributed by atoms with van der Waals surface area (Å²) in [4.78, 5) is 10.5. The quantitative estimate of drug-likeness (QED) is 0.354. The lowest BCUT2D eigenvalue weighted by Crippen LogP contribution is -2.02. The van der Waals surface area contributed by atoms with E-state index in [0.29, 0.717) is 0 Å². The molecule has 0 heterocycles. The van der Waals surface area contributed by atoms with Crippen molar-refractivity contribution in [3.63, 3.8) is 0 Å². The van der Waals surface area contributed by atoms with Crippen LogP contribution in [0.15, 0.2) is 0 Å². The van der Waals surface area contributed by atoms with Gasteiger partial charge < -0.3 is 4.74 Å². The molecule has 11 heavy (non-hydrogen) atoms. The van der Waals surface area contributed by atoms with Gasteiger partial charge in [0.05, 0.1) is 0 Å². The molecule has 0 bridgehead atoms. The zero-order valence-corrected chi connectivity index (χ0v) is 7.56. The van der Waals surface area contributed by atoms with Gasteiger partial charge in [0, 0.05) is 0 Å². The SMILES string of the molecule is CCCCC[CH]OC(=O)CCl. The van der Waals surface area contributed by atoms with E-state index in [4.69, 9.17) is 11.6 Å². The topological polar surface area (TPSA) is 26.3 Å². The Bertz CT molecular complexity index is 104. The van der Waals surface area contributed by atoms with E-state index in [9.17, 15) is 4.79 Å². The number of hydrogen-bond donors (Lipinski definition) is 0. The van der Waals surface area contributed by atoms with Gasteiger partial charge in [0.25, 0.3) is 0 Å². The first-order valence-corrected chi connectivity index (χ1v) is 4.41. The summed E-state index contributed by atoms with van der Waals surface area (Å²) in [7, 11) is 0. The molecule has 0 rings (SSSR count). The van der Waals surface area contributed by atoms with E-state index >= 15 is 0 Å². The molecule has 0 spiro atoms. The van der Waals surface area contributed by atoms with Crippen LogP contribution < -0.4 is 0 Å². The van der Waals surface area contributed by atoms with Gasteiger partial charge >= 0.3 is 5.97 Å². The Morgan fingerprint density at radius 3 is 2.82 bits per heavy atom. The van der Waals surface area contributed by atoms with Crippen molar-refractivity contribution in [3.8, 4) is 0 Å². The van der Waals surface area contributed by atoms with E-state index < -0.39 is 0 Å². The van der Waals surface area contributed by atoms with Gasteiger partial charge in [0.2, 0.25) is 0 Å². The van der Waals surface area contributed by atoms with E-state index in [1.165, 1.54) is 19.4 Å².